The lowest BCUT2D eigenvalue weighted by atomic mass is 9.99. The minimum Gasteiger partial charge on any atom is -0.495 e. The molecule has 1 amide bonds. The van der Waals surface area contributed by atoms with E-state index < -0.39 is 15.9 Å². The Hall–Kier alpha value is -3.36. The number of carbonyl (C=O) groups is 1. The third-order valence-electron chi connectivity index (χ3n) is 6.06. The summed E-state index contributed by atoms with van der Waals surface area (Å²) in [4.78, 5) is 13.1. The summed E-state index contributed by atoms with van der Waals surface area (Å²) >= 11 is 0. The number of aryl methyl sites for hydroxylation is 1. The summed E-state index contributed by atoms with van der Waals surface area (Å²) in [5, 5.41) is 2.92. The number of benzene rings is 3. The number of nitrogens with one attached hydrogen (secondary N) is 1. The van der Waals surface area contributed by atoms with Crippen LogP contribution in [-0.4, -0.2) is 38.8 Å². The Bertz CT molecular complexity index is 1260. The van der Waals surface area contributed by atoms with E-state index >= 15 is 0 Å². The predicted octanol–water partition coefficient (Wildman–Crippen LogP) is 4.62. The van der Waals surface area contributed by atoms with Crippen LogP contribution in [0.5, 0.6) is 11.5 Å². The van der Waals surface area contributed by atoms with Gasteiger partial charge in [0, 0.05) is 18.8 Å². The highest BCUT2D eigenvalue weighted by atomic mass is 32.2. The van der Waals surface area contributed by atoms with Crippen LogP contribution in [0.25, 0.3) is 0 Å². The molecule has 1 fully saturated rings. The van der Waals surface area contributed by atoms with E-state index in [1.165, 1.54) is 11.4 Å². The molecule has 1 atom stereocenters. The zero-order valence-corrected chi connectivity index (χ0v) is 20.8. The van der Waals surface area contributed by atoms with Crippen LogP contribution in [0.15, 0.2) is 77.7 Å². The van der Waals surface area contributed by atoms with Crippen molar-refractivity contribution in [3.63, 3.8) is 0 Å². The molecular weight excluding hydrogens is 464 g/mol. The van der Waals surface area contributed by atoms with Gasteiger partial charge in [-0.1, -0.05) is 36.4 Å². The van der Waals surface area contributed by atoms with E-state index in [9.17, 15) is 13.2 Å². The van der Waals surface area contributed by atoms with Crippen molar-refractivity contribution in [3.05, 3.63) is 83.9 Å². The lowest BCUT2D eigenvalue weighted by Gasteiger charge is -2.31. The third kappa shape index (κ3) is 6.01. The van der Waals surface area contributed by atoms with Gasteiger partial charge >= 0.3 is 0 Å². The second kappa shape index (κ2) is 10.9. The molecule has 3 aromatic carbocycles. The van der Waals surface area contributed by atoms with Gasteiger partial charge in [-0.05, 0) is 67.3 Å². The molecule has 1 saturated heterocycles. The fourth-order valence-corrected chi connectivity index (χ4v) is 5.88. The summed E-state index contributed by atoms with van der Waals surface area (Å²) in [7, 11) is -2.34. The number of piperidine rings is 1. The fourth-order valence-electron chi connectivity index (χ4n) is 4.12. The van der Waals surface area contributed by atoms with Crippen molar-refractivity contribution >= 4 is 21.6 Å². The first-order valence-electron chi connectivity index (χ1n) is 11.6. The average molecular weight is 495 g/mol. The molecule has 1 unspecified atom stereocenters. The maximum Gasteiger partial charge on any atom is 0.246 e. The lowest BCUT2D eigenvalue weighted by molar-refractivity contribution is -0.120. The number of nitrogens with zero attached hydrogens (tertiary/aromatic N) is 1. The topological polar surface area (TPSA) is 84.9 Å². The second-order valence-electron chi connectivity index (χ2n) is 8.64. The molecule has 35 heavy (non-hydrogen) atoms. The van der Waals surface area contributed by atoms with Gasteiger partial charge in [-0.2, -0.15) is 4.31 Å². The van der Waals surface area contributed by atoms with Gasteiger partial charge < -0.3 is 14.8 Å². The van der Waals surface area contributed by atoms with Crippen molar-refractivity contribution in [3.8, 4) is 11.5 Å². The zero-order chi connectivity index (χ0) is 24.8. The smallest absolute Gasteiger partial charge is 0.246 e. The van der Waals surface area contributed by atoms with Crippen LogP contribution in [0.4, 0.5) is 5.69 Å². The molecule has 0 aromatic heterocycles. The largest absolute Gasteiger partial charge is 0.495 e. The Morgan fingerprint density at radius 2 is 1.80 bits per heavy atom. The first kappa shape index (κ1) is 24.8. The number of sulfonamides is 1. The summed E-state index contributed by atoms with van der Waals surface area (Å²) in [5.41, 5.74) is 2.54. The molecule has 3 aromatic rings. The van der Waals surface area contributed by atoms with E-state index in [1.807, 2.05) is 43.3 Å². The maximum atomic E-state index is 13.3. The number of hydrogen-bond donors (Lipinski definition) is 1. The van der Waals surface area contributed by atoms with Crippen molar-refractivity contribution in [1.82, 2.24) is 4.31 Å². The summed E-state index contributed by atoms with van der Waals surface area (Å²) < 4.78 is 39.2. The van der Waals surface area contributed by atoms with E-state index in [-0.39, 0.29) is 17.3 Å². The molecule has 1 heterocycles. The molecular formula is C27H30N2O5S. The number of hydrogen-bond acceptors (Lipinski definition) is 5. The number of rotatable bonds is 8. The minimum absolute atomic E-state index is 0.129. The molecule has 0 spiro atoms. The molecule has 1 aliphatic heterocycles. The Kier molecular flexibility index (Phi) is 7.73. The van der Waals surface area contributed by atoms with E-state index in [2.05, 4.69) is 5.32 Å². The van der Waals surface area contributed by atoms with Crippen LogP contribution >= 0.6 is 0 Å². The summed E-state index contributed by atoms with van der Waals surface area (Å²) in [6.45, 7) is 2.80. The number of carbonyl (C=O) groups excluding carboxylic acids is 1. The molecule has 1 N–H and O–H groups in total. The molecule has 184 valence electrons. The molecule has 0 radical (unpaired) electrons. The molecule has 8 heteroatoms. The normalized spacial score (nSPS) is 16.5. The molecule has 7 nitrogen and oxygen atoms in total. The standard InChI is InChI=1S/C27H30N2O5S/c1-20-10-15-25(33-2)26(17-20)35(31,32)29-16-6-9-22(18-29)27(30)28-23-11-13-24(14-12-23)34-19-21-7-4-3-5-8-21/h3-5,7-8,10-15,17,22H,6,9,16,18-19H2,1-2H3,(H,28,30). The Balaban J connectivity index is 1.38. The van der Waals surface area contributed by atoms with Gasteiger partial charge in [-0.25, -0.2) is 8.42 Å². The Labute approximate surface area is 206 Å². The van der Waals surface area contributed by atoms with Gasteiger partial charge in [0.2, 0.25) is 15.9 Å². The van der Waals surface area contributed by atoms with Crippen LogP contribution in [-0.2, 0) is 21.4 Å². The summed E-state index contributed by atoms with van der Waals surface area (Å²) in [6.07, 6.45) is 1.23. The molecule has 0 saturated carbocycles. The third-order valence-corrected chi connectivity index (χ3v) is 7.95. The van der Waals surface area contributed by atoms with Gasteiger partial charge in [0.1, 0.15) is 23.0 Å². The van der Waals surface area contributed by atoms with Gasteiger partial charge in [0.25, 0.3) is 0 Å². The highest BCUT2D eigenvalue weighted by Crippen LogP contribution is 2.31. The van der Waals surface area contributed by atoms with Gasteiger partial charge in [0.15, 0.2) is 0 Å². The second-order valence-corrected chi connectivity index (χ2v) is 10.6. The number of anilines is 1. The lowest BCUT2D eigenvalue weighted by Crippen LogP contribution is -2.43. The van der Waals surface area contributed by atoms with Crippen LogP contribution in [0.2, 0.25) is 0 Å². The van der Waals surface area contributed by atoms with Gasteiger partial charge in [-0.3, -0.25) is 4.79 Å². The minimum atomic E-state index is -3.79. The molecule has 0 bridgehead atoms. The van der Waals surface area contributed by atoms with Crippen molar-refractivity contribution in [1.29, 1.82) is 0 Å². The number of ether oxygens (including phenoxy) is 2. The summed E-state index contributed by atoms with van der Waals surface area (Å²) in [6, 6.07) is 22.1. The Morgan fingerprint density at radius 3 is 2.51 bits per heavy atom. The highest BCUT2D eigenvalue weighted by Gasteiger charge is 2.35. The summed E-state index contributed by atoms with van der Waals surface area (Å²) in [5.74, 6) is 0.369. The SMILES string of the molecule is COc1ccc(C)cc1S(=O)(=O)N1CCCC(C(=O)Nc2ccc(OCc3ccccc3)cc2)C1. The van der Waals surface area contributed by atoms with Crippen molar-refractivity contribution in [2.24, 2.45) is 5.92 Å². The molecule has 4 rings (SSSR count). The van der Waals surface area contributed by atoms with E-state index in [0.717, 1.165) is 11.1 Å². The van der Waals surface area contributed by atoms with Crippen molar-refractivity contribution in [2.45, 2.75) is 31.3 Å². The predicted molar refractivity (Wildman–Crippen MR) is 135 cm³/mol. The maximum absolute atomic E-state index is 13.3. The first-order chi connectivity index (χ1) is 16.9. The average Bonchev–Trinajstić information content (AvgIpc) is 2.89. The Morgan fingerprint density at radius 1 is 1.06 bits per heavy atom. The van der Waals surface area contributed by atoms with E-state index in [0.29, 0.717) is 43.2 Å². The van der Waals surface area contributed by atoms with Crippen LogP contribution in [0.1, 0.15) is 24.0 Å². The molecule has 0 aliphatic carbocycles. The first-order valence-corrected chi connectivity index (χ1v) is 13.0. The highest BCUT2D eigenvalue weighted by molar-refractivity contribution is 7.89. The van der Waals surface area contributed by atoms with Crippen molar-refractivity contribution < 1.29 is 22.7 Å². The molecule has 1 aliphatic rings. The van der Waals surface area contributed by atoms with E-state index in [4.69, 9.17) is 9.47 Å². The van der Waals surface area contributed by atoms with E-state index in [1.54, 1.807) is 36.4 Å². The van der Waals surface area contributed by atoms with Gasteiger partial charge in [0.05, 0.1) is 13.0 Å². The van der Waals surface area contributed by atoms with Crippen molar-refractivity contribution in [2.75, 3.05) is 25.5 Å². The van der Waals surface area contributed by atoms with Crippen LogP contribution in [0.3, 0.4) is 0 Å². The van der Waals surface area contributed by atoms with Gasteiger partial charge in [-0.15, -0.1) is 0 Å². The zero-order valence-electron chi connectivity index (χ0n) is 19.9. The fraction of sp³-hybridized carbons (Fsp3) is 0.296. The number of amides is 1. The number of methoxy groups -OCH3 is 1. The van der Waals surface area contributed by atoms with Crippen LogP contribution < -0.4 is 14.8 Å². The van der Waals surface area contributed by atoms with Crippen LogP contribution in [0, 0.1) is 12.8 Å². The monoisotopic (exact) mass is 494 g/mol. The quantitative estimate of drug-likeness (QED) is 0.494.